The van der Waals surface area contributed by atoms with Gasteiger partial charge in [-0.3, -0.25) is 19.0 Å². The average Bonchev–Trinajstić information content (AvgIpc) is 2.46. The van der Waals surface area contributed by atoms with Gasteiger partial charge >= 0.3 is 17.3 Å². The predicted octanol–water partition coefficient (Wildman–Crippen LogP) is 1.35. The van der Waals surface area contributed by atoms with Crippen molar-refractivity contribution in [2.45, 2.75) is 19.3 Å². The summed E-state index contributed by atoms with van der Waals surface area (Å²) in [5.41, 5.74) is -2.53. The van der Waals surface area contributed by atoms with Crippen molar-refractivity contribution in [1.29, 1.82) is 0 Å². The zero-order valence-corrected chi connectivity index (χ0v) is 12.0. The summed E-state index contributed by atoms with van der Waals surface area (Å²) in [6.45, 7) is -2.20. The van der Waals surface area contributed by atoms with Gasteiger partial charge in [-0.05, 0) is 18.2 Å². The number of carbonyl (C=O) groups is 1. The maximum atomic E-state index is 13.0. The van der Waals surface area contributed by atoms with E-state index in [2.05, 4.69) is 5.32 Å². The van der Waals surface area contributed by atoms with Gasteiger partial charge in [0.05, 0.1) is 0 Å². The second kappa shape index (κ2) is 6.69. The number of carbonyl (C=O) groups excluding carboxylic acids is 1. The third kappa shape index (κ3) is 4.54. The molecular formula is C14H11F4N3O3. The summed E-state index contributed by atoms with van der Waals surface area (Å²) in [7, 11) is 0. The SMILES string of the molecule is O=C(Cn1ccn(CC(F)(F)F)c(=O)c1=O)Nc1cccc(F)c1. The number of aromatic nitrogens is 2. The van der Waals surface area contributed by atoms with Crippen LogP contribution < -0.4 is 16.4 Å². The van der Waals surface area contributed by atoms with Gasteiger partial charge in [-0.25, -0.2) is 4.39 Å². The topological polar surface area (TPSA) is 73.1 Å². The van der Waals surface area contributed by atoms with Gasteiger partial charge in [0.15, 0.2) is 0 Å². The Bertz CT molecular complexity index is 871. The van der Waals surface area contributed by atoms with Gasteiger partial charge in [-0.2, -0.15) is 13.2 Å². The molecule has 0 aliphatic carbocycles. The number of benzene rings is 1. The summed E-state index contributed by atoms with van der Waals surface area (Å²) in [5.74, 6) is -1.32. The summed E-state index contributed by atoms with van der Waals surface area (Å²) in [5, 5.41) is 2.30. The average molecular weight is 345 g/mol. The Kier molecular flexibility index (Phi) is 4.86. The molecule has 0 aliphatic heterocycles. The Labute approximate surface area is 132 Å². The van der Waals surface area contributed by atoms with Crippen LogP contribution in [0.4, 0.5) is 23.2 Å². The number of hydrogen-bond donors (Lipinski definition) is 1. The Morgan fingerprint density at radius 3 is 2.33 bits per heavy atom. The minimum atomic E-state index is -4.66. The monoisotopic (exact) mass is 345 g/mol. The highest BCUT2D eigenvalue weighted by atomic mass is 19.4. The quantitative estimate of drug-likeness (QED) is 0.672. The lowest BCUT2D eigenvalue weighted by molar-refractivity contribution is -0.141. The van der Waals surface area contributed by atoms with E-state index >= 15 is 0 Å². The highest BCUT2D eigenvalue weighted by Gasteiger charge is 2.28. The molecule has 1 aromatic carbocycles. The molecule has 6 nitrogen and oxygen atoms in total. The lowest BCUT2D eigenvalue weighted by Gasteiger charge is -2.11. The van der Waals surface area contributed by atoms with E-state index in [1.54, 1.807) is 0 Å². The first-order valence-corrected chi connectivity index (χ1v) is 6.58. The van der Waals surface area contributed by atoms with Crippen LogP contribution in [0.1, 0.15) is 0 Å². The number of alkyl halides is 3. The van der Waals surface area contributed by atoms with Crippen LogP contribution in [0, 0.1) is 5.82 Å². The van der Waals surface area contributed by atoms with Crippen molar-refractivity contribution in [3.8, 4) is 0 Å². The molecule has 1 heterocycles. The second-order valence-corrected chi connectivity index (χ2v) is 4.84. The minimum absolute atomic E-state index is 0.137. The molecular weight excluding hydrogens is 334 g/mol. The molecule has 0 atom stereocenters. The fraction of sp³-hybridized carbons (Fsp3) is 0.214. The summed E-state index contributed by atoms with van der Waals surface area (Å²) in [4.78, 5) is 35.1. The third-order valence-electron chi connectivity index (χ3n) is 2.90. The molecule has 2 rings (SSSR count). The zero-order chi connectivity index (χ0) is 17.9. The summed E-state index contributed by atoms with van der Waals surface area (Å²) in [6, 6.07) is 4.98. The standard InChI is InChI=1S/C14H11F4N3O3/c15-9-2-1-3-10(6-9)19-11(22)7-20-4-5-21(8-14(16,17)18)13(24)12(20)23/h1-6H,7-8H2,(H,19,22). The largest absolute Gasteiger partial charge is 0.406 e. The predicted molar refractivity (Wildman–Crippen MR) is 76.0 cm³/mol. The molecule has 0 saturated heterocycles. The van der Waals surface area contributed by atoms with Crippen molar-refractivity contribution in [1.82, 2.24) is 9.13 Å². The minimum Gasteiger partial charge on any atom is -0.324 e. The number of anilines is 1. The maximum absolute atomic E-state index is 13.0. The Morgan fingerprint density at radius 2 is 1.71 bits per heavy atom. The van der Waals surface area contributed by atoms with Crippen LogP contribution in [0.3, 0.4) is 0 Å². The first kappa shape index (κ1) is 17.4. The van der Waals surface area contributed by atoms with Crippen LogP contribution in [0.2, 0.25) is 0 Å². The second-order valence-electron chi connectivity index (χ2n) is 4.84. The lowest BCUT2D eigenvalue weighted by atomic mass is 10.3. The fourth-order valence-electron chi connectivity index (χ4n) is 1.91. The molecule has 10 heteroatoms. The van der Waals surface area contributed by atoms with E-state index in [9.17, 15) is 31.9 Å². The maximum Gasteiger partial charge on any atom is 0.406 e. The van der Waals surface area contributed by atoms with Crippen molar-refractivity contribution in [3.05, 3.63) is 63.2 Å². The Balaban J connectivity index is 2.15. The van der Waals surface area contributed by atoms with Crippen molar-refractivity contribution < 1.29 is 22.4 Å². The number of hydrogen-bond acceptors (Lipinski definition) is 3. The van der Waals surface area contributed by atoms with Gasteiger partial charge in [0.25, 0.3) is 0 Å². The molecule has 0 fully saturated rings. The van der Waals surface area contributed by atoms with E-state index in [-0.39, 0.29) is 10.3 Å². The van der Waals surface area contributed by atoms with Crippen molar-refractivity contribution >= 4 is 11.6 Å². The van der Waals surface area contributed by atoms with Gasteiger partial charge < -0.3 is 9.88 Å². The van der Waals surface area contributed by atoms with Gasteiger partial charge in [0.1, 0.15) is 18.9 Å². The molecule has 2 aromatic rings. The van der Waals surface area contributed by atoms with Crippen molar-refractivity contribution in [3.63, 3.8) is 0 Å². The van der Waals surface area contributed by atoms with E-state index in [0.717, 1.165) is 18.5 Å². The van der Waals surface area contributed by atoms with E-state index in [1.165, 1.54) is 18.2 Å². The highest BCUT2D eigenvalue weighted by molar-refractivity contribution is 5.90. The van der Waals surface area contributed by atoms with Gasteiger partial charge in [-0.1, -0.05) is 6.07 Å². The van der Waals surface area contributed by atoms with Crippen LogP contribution >= 0.6 is 0 Å². The Hall–Kier alpha value is -2.91. The highest BCUT2D eigenvalue weighted by Crippen LogP contribution is 2.15. The van der Waals surface area contributed by atoms with Crippen molar-refractivity contribution in [2.75, 3.05) is 5.32 Å². The molecule has 1 amide bonds. The van der Waals surface area contributed by atoms with Gasteiger partial charge in [0.2, 0.25) is 5.91 Å². The molecule has 1 N–H and O–H groups in total. The molecule has 0 bridgehead atoms. The van der Waals surface area contributed by atoms with Crippen LogP contribution in [-0.4, -0.2) is 21.2 Å². The van der Waals surface area contributed by atoms with E-state index < -0.39 is 42.1 Å². The van der Waals surface area contributed by atoms with Crippen LogP contribution in [0.25, 0.3) is 0 Å². The molecule has 1 aromatic heterocycles. The molecule has 0 radical (unpaired) electrons. The number of amides is 1. The lowest BCUT2D eigenvalue weighted by Crippen LogP contribution is -2.43. The van der Waals surface area contributed by atoms with E-state index in [1.807, 2.05) is 0 Å². The van der Waals surface area contributed by atoms with Crippen molar-refractivity contribution in [2.24, 2.45) is 0 Å². The third-order valence-corrected chi connectivity index (χ3v) is 2.90. The van der Waals surface area contributed by atoms with Crippen LogP contribution in [0.5, 0.6) is 0 Å². The van der Waals surface area contributed by atoms with Gasteiger partial charge in [-0.15, -0.1) is 0 Å². The molecule has 0 spiro atoms. The summed E-state index contributed by atoms with van der Waals surface area (Å²) < 4.78 is 50.7. The normalized spacial score (nSPS) is 11.3. The van der Waals surface area contributed by atoms with E-state index in [0.29, 0.717) is 4.57 Å². The smallest absolute Gasteiger partial charge is 0.324 e. The number of rotatable bonds is 4. The Morgan fingerprint density at radius 1 is 1.08 bits per heavy atom. The molecule has 0 aliphatic rings. The van der Waals surface area contributed by atoms with E-state index in [4.69, 9.17) is 0 Å². The van der Waals surface area contributed by atoms with Crippen LogP contribution in [0.15, 0.2) is 46.2 Å². The number of nitrogens with zero attached hydrogens (tertiary/aromatic N) is 2. The summed E-state index contributed by atoms with van der Waals surface area (Å²) in [6.07, 6.45) is -2.98. The van der Waals surface area contributed by atoms with Gasteiger partial charge in [0, 0.05) is 18.1 Å². The summed E-state index contributed by atoms with van der Waals surface area (Å²) >= 11 is 0. The molecule has 128 valence electrons. The first-order valence-electron chi connectivity index (χ1n) is 6.58. The fourth-order valence-corrected chi connectivity index (χ4v) is 1.91. The zero-order valence-electron chi connectivity index (χ0n) is 12.0. The molecule has 24 heavy (non-hydrogen) atoms. The van der Waals surface area contributed by atoms with Crippen LogP contribution in [-0.2, 0) is 17.9 Å². The molecule has 0 saturated carbocycles. The first-order chi connectivity index (χ1) is 11.2. The number of nitrogens with one attached hydrogen (secondary N) is 1. The molecule has 0 unspecified atom stereocenters. The number of halogens is 4.